The Bertz CT molecular complexity index is 505. The zero-order valence-electron chi connectivity index (χ0n) is 10.1. The molecule has 4 heteroatoms. The smallest absolute Gasteiger partial charge is 0.0948 e. The predicted octanol–water partition coefficient (Wildman–Crippen LogP) is 3.59. The number of nitrogens with zero attached hydrogens (tertiary/aromatic N) is 2. The molecule has 0 unspecified atom stereocenters. The molecule has 2 aromatic rings. The molecule has 0 fully saturated rings. The van der Waals surface area contributed by atoms with E-state index in [1.165, 1.54) is 11.3 Å². The van der Waals surface area contributed by atoms with E-state index >= 15 is 0 Å². The summed E-state index contributed by atoms with van der Waals surface area (Å²) < 4.78 is 3.23. The van der Waals surface area contributed by atoms with Crippen LogP contribution < -0.4 is 5.32 Å². The number of anilines is 1. The van der Waals surface area contributed by atoms with Crippen LogP contribution in [0, 0.1) is 6.92 Å². The van der Waals surface area contributed by atoms with E-state index in [1.807, 2.05) is 12.5 Å². The van der Waals surface area contributed by atoms with Crippen LogP contribution in [0.15, 0.2) is 35.2 Å². The Balaban J connectivity index is 2.09. The lowest BCUT2D eigenvalue weighted by Gasteiger charge is -2.11. The van der Waals surface area contributed by atoms with Crippen LogP contribution in [0.4, 0.5) is 5.69 Å². The van der Waals surface area contributed by atoms with Gasteiger partial charge < -0.3 is 9.88 Å². The fourth-order valence-electron chi connectivity index (χ4n) is 1.75. The summed E-state index contributed by atoms with van der Waals surface area (Å²) in [7, 11) is 0. The zero-order valence-corrected chi connectivity index (χ0v) is 11.7. The lowest BCUT2D eigenvalue weighted by Crippen LogP contribution is -2.06. The first-order valence-electron chi connectivity index (χ1n) is 5.69. The normalized spacial score (nSPS) is 10.5. The van der Waals surface area contributed by atoms with Crippen molar-refractivity contribution in [3.8, 4) is 0 Å². The molecule has 90 valence electrons. The summed E-state index contributed by atoms with van der Waals surface area (Å²) in [6.45, 7) is 5.97. The van der Waals surface area contributed by atoms with Crippen LogP contribution >= 0.6 is 15.9 Å². The van der Waals surface area contributed by atoms with E-state index < -0.39 is 0 Å². The number of benzene rings is 1. The fraction of sp³-hybridized carbons (Fsp3) is 0.308. The van der Waals surface area contributed by atoms with Crippen LogP contribution in [0.3, 0.4) is 0 Å². The van der Waals surface area contributed by atoms with Gasteiger partial charge >= 0.3 is 0 Å². The van der Waals surface area contributed by atoms with Crippen molar-refractivity contribution in [2.45, 2.75) is 26.9 Å². The van der Waals surface area contributed by atoms with Gasteiger partial charge in [0, 0.05) is 22.9 Å². The molecule has 0 spiro atoms. The molecule has 3 nitrogen and oxygen atoms in total. The van der Waals surface area contributed by atoms with Crippen molar-refractivity contribution < 1.29 is 0 Å². The molecule has 0 amide bonds. The third-order valence-electron chi connectivity index (χ3n) is 2.80. The average Bonchev–Trinajstić information content (AvgIpc) is 2.77. The van der Waals surface area contributed by atoms with Gasteiger partial charge in [-0.1, -0.05) is 22.0 Å². The van der Waals surface area contributed by atoms with Gasteiger partial charge in [0.2, 0.25) is 0 Å². The second-order valence-corrected chi connectivity index (χ2v) is 4.90. The van der Waals surface area contributed by atoms with Gasteiger partial charge in [-0.2, -0.15) is 0 Å². The number of nitrogens with one attached hydrogen (secondary N) is 1. The summed E-state index contributed by atoms with van der Waals surface area (Å²) in [5.41, 5.74) is 3.60. The predicted molar refractivity (Wildman–Crippen MR) is 74.1 cm³/mol. The summed E-state index contributed by atoms with van der Waals surface area (Å²) in [5.74, 6) is 0. The lowest BCUT2D eigenvalue weighted by molar-refractivity contribution is 0.719. The van der Waals surface area contributed by atoms with E-state index in [0.29, 0.717) is 0 Å². The van der Waals surface area contributed by atoms with Crippen molar-refractivity contribution in [1.82, 2.24) is 9.55 Å². The van der Waals surface area contributed by atoms with Gasteiger partial charge in [-0.05, 0) is 31.5 Å². The summed E-state index contributed by atoms with van der Waals surface area (Å²) in [5, 5.41) is 3.44. The molecule has 0 bridgehead atoms. The quantitative estimate of drug-likeness (QED) is 0.934. The van der Waals surface area contributed by atoms with Crippen molar-refractivity contribution in [3.05, 3.63) is 46.5 Å². The van der Waals surface area contributed by atoms with E-state index in [4.69, 9.17) is 0 Å². The molecule has 17 heavy (non-hydrogen) atoms. The summed E-state index contributed by atoms with van der Waals surface area (Å²) >= 11 is 3.49. The number of hydrogen-bond donors (Lipinski definition) is 1. The molecule has 0 radical (unpaired) electrons. The molecule has 1 N–H and O–H groups in total. The summed E-state index contributed by atoms with van der Waals surface area (Å²) in [6, 6.07) is 6.25. The fourth-order valence-corrected chi connectivity index (χ4v) is 2.11. The highest BCUT2D eigenvalue weighted by molar-refractivity contribution is 9.10. The van der Waals surface area contributed by atoms with Crippen molar-refractivity contribution in [2.75, 3.05) is 5.32 Å². The van der Waals surface area contributed by atoms with Crippen LogP contribution in [0.2, 0.25) is 0 Å². The van der Waals surface area contributed by atoms with Crippen LogP contribution in [0.1, 0.15) is 18.2 Å². The van der Waals surface area contributed by atoms with Gasteiger partial charge in [-0.25, -0.2) is 4.98 Å². The molecule has 0 aliphatic carbocycles. The van der Waals surface area contributed by atoms with Crippen molar-refractivity contribution in [1.29, 1.82) is 0 Å². The SMILES string of the molecule is CCn1cncc1CNc1cc(Br)ccc1C. The highest BCUT2D eigenvalue weighted by Gasteiger charge is 2.02. The largest absolute Gasteiger partial charge is 0.379 e. The Morgan fingerprint density at radius 1 is 1.41 bits per heavy atom. The first-order chi connectivity index (χ1) is 8.20. The van der Waals surface area contributed by atoms with Crippen molar-refractivity contribution >= 4 is 21.6 Å². The average molecular weight is 294 g/mol. The Labute approximate surface area is 110 Å². The second-order valence-electron chi connectivity index (χ2n) is 3.98. The second kappa shape index (κ2) is 5.36. The van der Waals surface area contributed by atoms with E-state index in [9.17, 15) is 0 Å². The Hall–Kier alpha value is -1.29. The standard InChI is InChI=1S/C13H16BrN3/c1-3-17-9-15-7-12(17)8-16-13-6-11(14)5-4-10(13)2/h4-7,9,16H,3,8H2,1-2H3. The third-order valence-corrected chi connectivity index (χ3v) is 3.29. The number of halogens is 1. The maximum Gasteiger partial charge on any atom is 0.0948 e. The molecule has 0 atom stereocenters. The van der Waals surface area contributed by atoms with E-state index in [2.05, 4.69) is 62.8 Å². The molecule has 1 aromatic carbocycles. The minimum Gasteiger partial charge on any atom is -0.379 e. The third kappa shape index (κ3) is 2.88. The number of imidazole rings is 1. The molecule has 0 saturated carbocycles. The molecule has 1 heterocycles. The van der Waals surface area contributed by atoms with Crippen LogP contribution in [-0.2, 0) is 13.1 Å². The highest BCUT2D eigenvalue weighted by atomic mass is 79.9. The van der Waals surface area contributed by atoms with Gasteiger partial charge in [-0.15, -0.1) is 0 Å². The van der Waals surface area contributed by atoms with Gasteiger partial charge in [0.25, 0.3) is 0 Å². The first kappa shape index (κ1) is 12.2. The number of rotatable bonds is 4. The molecule has 0 aliphatic rings. The first-order valence-corrected chi connectivity index (χ1v) is 6.49. The molecule has 1 aromatic heterocycles. The van der Waals surface area contributed by atoms with E-state index in [0.717, 1.165) is 23.2 Å². The molecule has 0 saturated heterocycles. The maximum atomic E-state index is 4.16. The Morgan fingerprint density at radius 3 is 3.00 bits per heavy atom. The molecular weight excluding hydrogens is 278 g/mol. The lowest BCUT2D eigenvalue weighted by atomic mass is 10.2. The number of aromatic nitrogens is 2. The van der Waals surface area contributed by atoms with Crippen molar-refractivity contribution in [2.24, 2.45) is 0 Å². The summed E-state index contributed by atoms with van der Waals surface area (Å²) in [6.07, 6.45) is 3.77. The van der Waals surface area contributed by atoms with Gasteiger partial charge in [0.1, 0.15) is 0 Å². The van der Waals surface area contributed by atoms with Crippen molar-refractivity contribution in [3.63, 3.8) is 0 Å². The number of aryl methyl sites for hydroxylation is 2. The molecular formula is C13H16BrN3. The molecule has 2 rings (SSSR count). The van der Waals surface area contributed by atoms with E-state index in [-0.39, 0.29) is 0 Å². The minimum atomic E-state index is 0.797. The Morgan fingerprint density at radius 2 is 2.24 bits per heavy atom. The van der Waals surface area contributed by atoms with Gasteiger partial charge in [0.05, 0.1) is 18.6 Å². The zero-order chi connectivity index (χ0) is 12.3. The minimum absolute atomic E-state index is 0.797. The number of hydrogen-bond acceptors (Lipinski definition) is 2. The molecule has 0 aliphatic heterocycles. The monoisotopic (exact) mass is 293 g/mol. The van der Waals surface area contributed by atoms with Crippen LogP contribution in [0.5, 0.6) is 0 Å². The maximum absolute atomic E-state index is 4.16. The van der Waals surface area contributed by atoms with Gasteiger partial charge in [-0.3, -0.25) is 0 Å². The summed E-state index contributed by atoms with van der Waals surface area (Å²) in [4.78, 5) is 4.16. The highest BCUT2D eigenvalue weighted by Crippen LogP contribution is 2.21. The topological polar surface area (TPSA) is 29.9 Å². The van der Waals surface area contributed by atoms with Crippen LogP contribution in [-0.4, -0.2) is 9.55 Å². The van der Waals surface area contributed by atoms with Gasteiger partial charge in [0.15, 0.2) is 0 Å². The Kier molecular flexibility index (Phi) is 3.84. The van der Waals surface area contributed by atoms with E-state index in [1.54, 1.807) is 0 Å². The van der Waals surface area contributed by atoms with Crippen LogP contribution in [0.25, 0.3) is 0 Å².